The van der Waals surface area contributed by atoms with Crippen molar-refractivity contribution in [3.05, 3.63) is 351 Å². The molecule has 448 valence electrons. The van der Waals surface area contributed by atoms with Gasteiger partial charge in [-0.15, -0.1) is 0 Å². The number of aromatic nitrogens is 2. The molecule has 2 heteroatoms. The first kappa shape index (κ1) is 55.3. The normalized spacial score (nSPS) is 11.9. The highest BCUT2D eigenvalue weighted by molar-refractivity contribution is 6.31. The Labute approximate surface area is 556 Å². The van der Waals surface area contributed by atoms with Crippen molar-refractivity contribution in [3.63, 3.8) is 0 Å². The minimum atomic E-state index is 1.16. The molecule has 96 heavy (non-hydrogen) atoms. The zero-order valence-corrected chi connectivity index (χ0v) is 53.2. The SMILES string of the molecule is Cc1ccc(-c2c3ccccc3c(-c3ccc(-n4c5ccc6ccccc6c5c5c6ccccc6ccc54)cc3)c3ccccc23)cc1.Cc1ccccc1-c1c2ccccc2c(-c2ccc(-n3c4ccc5ccccc5c4c4c5ccccc5ccc43)cc2)c2ccccc12. The summed E-state index contributed by atoms with van der Waals surface area (Å²) in [4.78, 5) is 0. The van der Waals surface area contributed by atoms with Crippen molar-refractivity contribution in [2.75, 3.05) is 0 Å². The summed E-state index contributed by atoms with van der Waals surface area (Å²) in [5, 5.41) is 25.7. The predicted molar refractivity (Wildman–Crippen MR) is 413 cm³/mol. The third-order valence-electron chi connectivity index (χ3n) is 20.5. The van der Waals surface area contributed by atoms with Crippen LogP contribution < -0.4 is 0 Å². The largest absolute Gasteiger partial charge is 0.309 e. The molecule has 0 aliphatic rings. The maximum atomic E-state index is 2.45. The molecule has 0 radical (unpaired) electrons. The van der Waals surface area contributed by atoms with Crippen LogP contribution in [0.3, 0.4) is 0 Å². The maximum Gasteiger partial charge on any atom is 0.0547 e. The first-order valence-corrected chi connectivity index (χ1v) is 33.4. The monoisotopic (exact) mass is 1220 g/mol. The van der Waals surface area contributed by atoms with Crippen molar-refractivity contribution in [1.82, 2.24) is 9.13 Å². The van der Waals surface area contributed by atoms with Crippen molar-refractivity contribution < 1.29 is 0 Å². The second kappa shape index (κ2) is 22.2. The van der Waals surface area contributed by atoms with Crippen LogP contribution in [0.4, 0.5) is 0 Å². The molecule has 0 fully saturated rings. The van der Waals surface area contributed by atoms with Crippen LogP contribution >= 0.6 is 0 Å². The van der Waals surface area contributed by atoms with E-state index in [9.17, 15) is 0 Å². The van der Waals surface area contributed by atoms with Gasteiger partial charge < -0.3 is 9.13 Å². The summed E-state index contributed by atoms with van der Waals surface area (Å²) in [6.45, 7) is 4.36. The Morgan fingerprint density at radius 3 is 0.719 bits per heavy atom. The molecule has 2 aromatic heterocycles. The van der Waals surface area contributed by atoms with Crippen molar-refractivity contribution in [1.29, 1.82) is 0 Å². The van der Waals surface area contributed by atoms with Crippen LogP contribution in [-0.2, 0) is 0 Å². The number of benzene rings is 18. The van der Waals surface area contributed by atoms with E-state index in [0.29, 0.717) is 0 Å². The Hall–Kier alpha value is -12.4. The number of aryl methyl sites for hydroxylation is 2. The number of hydrogen-bond donors (Lipinski definition) is 0. The van der Waals surface area contributed by atoms with E-state index >= 15 is 0 Å². The van der Waals surface area contributed by atoms with E-state index in [1.807, 2.05) is 0 Å². The van der Waals surface area contributed by atoms with Gasteiger partial charge in [0.25, 0.3) is 0 Å². The molecule has 2 nitrogen and oxygen atoms in total. The molecule has 0 atom stereocenters. The lowest BCUT2D eigenvalue weighted by molar-refractivity contribution is 1.18. The Morgan fingerprint density at radius 2 is 0.427 bits per heavy atom. The molecular formula is C94H62N2. The highest BCUT2D eigenvalue weighted by Crippen LogP contribution is 2.48. The molecule has 2 heterocycles. The van der Waals surface area contributed by atoms with Gasteiger partial charge in [0.15, 0.2) is 0 Å². The minimum absolute atomic E-state index is 1.16. The summed E-state index contributed by atoms with van der Waals surface area (Å²) in [6, 6.07) is 125. The highest BCUT2D eigenvalue weighted by Gasteiger charge is 2.23. The highest BCUT2D eigenvalue weighted by atomic mass is 15.0. The van der Waals surface area contributed by atoms with Gasteiger partial charge in [-0.2, -0.15) is 0 Å². The standard InChI is InChI=1S/2C47H31N/c1-30-12-2-5-15-35(30)45-40-20-10-8-18-38(40)44(39-19-9-11-21-41(39)45)33-22-26-34(27-23-33)48-42-28-24-31-13-3-6-16-36(31)46(42)47-37-17-7-4-14-32(37)25-29-43(47)48;1-30-18-20-33(21-19-30)44-38-14-6-8-16-40(38)45(41-17-9-7-15-39(41)44)34-22-26-35(27-23-34)48-42-28-24-31-10-2-4-12-36(31)46(42)47-37-13-5-3-11-32(37)25-29-43(47)48/h2*2-29H,1H3. The molecule has 0 amide bonds. The molecule has 0 unspecified atom stereocenters. The van der Waals surface area contributed by atoms with E-state index in [2.05, 4.69) is 363 Å². The number of fused-ring (bicyclic) bond motifs is 18. The second-order valence-electron chi connectivity index (χ2n) is 25.9. The van der Waals surface area contributed by atoms with Gasteiger partial charge in [0.05, 0.1) is 22.1 Å². The van der Waals surface area contributed by atoms with E-state index in [-0.39, 0.29) is 0 Å². The Kier molecular flexibility index (Phi) is 12.8. The summed E-state index contributed by atoms with van der Waals surface area (Å²) in [5.74, 6) is 0. The van der Waals surface area contributed by atoms with E-state index in [0.717, 1.165) is 11.4 Å². The summed E-state index contributed by atoms with van der Waals surface area (Å²) in [6.07, 6.45) is 0. The van der Waals surface area contributed by atoms with Crippen LogP contribution in [0.5, 0.6) is 0 Å². The molecule has 18 aromatic carbocycles. The molecule has 0 aliphatic carbocycles. The molecule has 0 spiro atoms. The lowest BCUT2D eigenvalue weighted by Gasteiger charge is -2.19. The molecule has 0 saturated heterocycles. The lowest BCUT2D eigenvalue weighted by atomic mass is 9.85. The average molecular weight is 1220 g/mol. The Bertz CT molecular complexity index is 6260. The van der Waals surface area contributed by atoms with Crippen molar-refractivity contribution in [3.8, 4) is 55.9 Å². The Morgan fingerprint density at radius 1 is 0.188 bits per heavy atom. The summed E-state index contributed by atoms with van der Waals surface area (Å²) in [5.41, 5.74) is 19.9. The molecule has 0 aliphatic heterocycles. The zero-order chi connectivity index (χ0) is 63.5. The van der Waals surface area contributed by atoms with Gasteiger partial charge in [0.2, 0.25) is 0 Å². The minimum Gasteiger partial charge on any atom is -0.309 e. The van der Waals surface area contributed by atoms with E-state index in [4.69, 9.17) is 0 Å². The Balaban J connectivity index is 0.000000135. The molecule has 0 N–H and O–H groups in total. The zero-order valence-electron chi connectivity index (χ0n) is 53.2. The van der Waals surface area contributed by atoms with Crippen LogP contribution in [0, 0.1) is 13.8 Å². The fraction of sp³-hybridized carbons (Fsp3) is 0.0213. The van der Waals surface area contributed by atoms with Crippen LogP contribution in [0.15, 0.2) is 340 Å². The van der Waals surface area contributed by atoms with Gasteiger partial charge in [-0.25, -0.2) is 0 Å². The van der Waals surface area contributed by atoms with Gasteiger partial charge >= 0.3 is 0 Å². The van der Waals surface area contributed by atoms with Gasteiger partial charge in [-0.3, -0.25) is 0 Å². The van der Waals surface area contributed by atoms with Crippen molar-refractivity contribution in [2.45, 2.75) is 13.8 Å². The number of rotatable bonds is 6. The van der Waals surface area contributed by atoms with E-state index in [1.54, 1.807) is 0 Å². The van der Waals surface area contributed by atoms with E-state index in [1.165, 1.54) is 185 Å². The molecule has 20 rings (SSSR count). The third-order valence-corrected chi connectivity index (χ3v) is 20.5. The van der Waals surface area contributed by atoms with Gasteiger partial charge in [0.1, 0.15) is 0 Å². The number of hydrogen-bond acceptors (Lipinski definition) is 0. The number of nitrogens with zero attached hydrogens (tertiary/aromatic N) is 2. The average Bonchev–Trinajstić information content (AvgIpc) is 1.33. The summed E-state index contributed by atoms with van der Waals surface area (Å²) in [7, 11) is 0. The fourth-order valence-electron chi connectivity index (χ4n) is 16.3. The van der Waals surface area contributed by atoms with Crippen molar-refractivity contribution in [2.24, 2.45) is 0 Å². The third kappa shape index (κ3) is 8.59. The molecular weight excluding hydrogens is 1160 g/mol. The quantitative estimate of drug-likeness (QED) is 0.147. The van der Waals surface area contributed by atoms with Crippen LogP contribution in [0.2, 0.25) is 0 Å². The van der Waals surface area contributed by atoms with Gasteiger partial charge in [-0.1, -0.05) is 297 Å². The molecule has 0 saturated carbocycles. The lowest BCUT2D eigenvalue weighted by Crippen LogP contribution is -1.95. The molecule has 20 aromatic rings. The van der Waals surface area contributed by atoms with Gasteiger partial charge in [0, 0.05) is 32.9 Å². The van der Waals surface area contributed by atoms with Crippen LogP contribution in [0.1, 0.15) is 11.1 Å². The van der Waals surface area contributed by atoms with Gasteiger partial charge in [-0.05, 0) is 199 Å². The van der Waals surface area contributed by atoms with E-state index < -0.39 is 0 Å². The topological polar surface area (TPSA) is 9.86 Å². The fourth-order valence-corrected chi connectivity index (χ4v) is 16.3. The summed E-state index contributed by atoms with van der Waals surface area (Å²) < 4.78 is 4.90. The van der Waals surface area contributed by atoms with Crippen LogP contribution in [0.25, 0.3) is 186 Å². The predicted octanol–water partition coefficient (Wildman–Crippen LogP) is 26.1. The first-order valence-electron chi connectivity index (χ1n) is 33.4. The van der Waals surface area contributed by atoms with Crippen molar-refractivity contribution >= 4 is 130 Å². The first-order chi connectivity index (χ1) is 47.5. The molecule has 0 bridgehead atoms. The summed E-state index contributed by atoms with van der Waals surface area (Å²) >= 11 is 0. The smallest absolute Gasteiger partial charge is 0.0547 e. The van der Waals surface area contributed by atoms with Crippen LogP contribution in [-0.4, -0.2) is 9.13 Å². The second-order valence-corrected chi connectivity index (χ2v) is 25.9. The maximum absolute atomic E-state index is 2.45.